The van der Waals surface area contributed by atoms with Crippen molar-refractivity contribution in [3.8, 4) is 0 Å². The predicted molar refractivity (Wildman–Crippen MR) is 47.3 cm³/mol. The fraction of sp³-hybridized carbons (Fsp3) is 1.00. The molecule has 0 radical (unpaired) electrons. The first-order valence-electron chi connectivity index (χ1n) is 5.15. The van der Waals surface area contributed by atoms with Gasteiger partial charge in [0.1, 0.15) is 0 Å². The van der Waals surface area contributed by atoms with E-state index in [9.17, 15) is 31.4 Å². The number of likely N-dealkylation sites (N-methyl/N-ethyl adjacent to an activating group) is 1. The first-order valence-corrected chi connectivity index (χ1v) is 5.15. The van der Waals surface area contributed by atoms with Crippen LogP contribution in [0.4, 0.5) is 26.3 Å². The number of halogens is 6. The molecule has 1 fully saturated rings. The highest BCUT2D eigenvalue weighted by Crippen LogP contribution is 2.48. The van der Waals surface area contributed by atoms with E-state index in [2.05, 4.69) is 0 Å². The summed E-state index contributed by atoms with van der Waals surface area (Å²) in [5.41, 5.74) is -4.65. The molecule has 0 aliphatic carbocycles. The predicted octanol–water partition coefficient (Wildman–Crippen LogP) is 2.33. The van der Waals surface area contributed by atoms with Crippen LogP contribution in [0.25, 0.3) is 0 Å². The van der Waals surface area contributed by atoms with Gasteiger partial charge in [-0.25, -0.2) is 0 Å². The first kappa shape index (κ1) is 14.6. The Balaban J connectivity index is 3.16. The number of aliphatic hydroxyl groups is 1. The number of nitrogens with zero attached hydrogens (tertiary/aromatic N) is 1. The summed E-state index contributed by atoms with van der Waals surface area (Å²) in [6.45, 7) is 1.64. The molecule has 17 heavy (non-hydrogen) atoms. The number of likely N-dealkylation sites (tertiary alicyclic amines) is 1. The van der Waals surface area contributed by atoms with Gasteiger partial charge in [0.05, 0.1) is 6.04 Å². The normalized spacial score (nSPS) is 24.4. The zero-order valence-electron chi connectivity index (χ0n) is 9.07. The Morgan fingerprint density at radius 2 is 1.59 bits per heavy atom. The zero-order valence-corrected chi connectivity index (χ0v) is 9.07. The Labute approximate surface area is 94.2 Å². The molecular formula is C9H13F6NO. The molecule has 0 bridgehead atoms. The molecule has 1 saturated heterocycles. The quantitative estimate of drug-likeness (QED) is 0.774. The van der Waals surface area contributed by atoms with Crippen molar-refractivity contribution in [2.45, 2.75) is 43.8 Å². The minimum atomic E-state index is -5.73. The monoisotopic (exact) mass is 265 g/mol. The van der Waals surface area contributed by atoms with Gasteiger partial charge in [0.15, 0.2) is 0 Å². The molecular weight excluding hydrogens is 252 g/mol. The fourth-order valence-electron chi connectivity index (χ4n) is 2.22. The van der Waals surface area contributed by atoms with Crippen molar-refractivity contribution < 1.29 is 31.4 Å². The van der Waals surface area contributed by atoms with Crippen LogP contribution in [-0.4, -0.2) is 47.1 Å². The standard InChI is InChI=1S/C9H13F6NO/c1-2-16-5-3-4-6(16)7(17,8(10,11)12)9(13,14)15/h6,17H,2-5H2,1H3/t6-/m0/s1. The molecule has 1 rings (SSSR count). The second kappa shape index (κ2) is 4.31. The van der Waals surface area contributed by atoms with Gasteiger partial charge >= 0.3 is 12.4 Å². The van der Waals surface area contributed by atoms with Gasteiger partial charge in [0, 0.05) is 0 Å². The summed E-state index contributed by atoms with van der Waals surface area (Å²) >= 11 is 0. The van der Waals surface area contributed by atoms with Crippen LogP contribution in [0, 0.1) is 0 Å². The third kappa shape index (κ3) is 2.24. The van der Waals surface area contributed by atoms with E-state index >= 15 is 0 Å². The largest absolute Gasteiger partial charge is 0.427 e. The Morgan fingerprint density at radius 3 is 1.94 bits per heavy atom. The van der Waals surface area contributed by atoms with Crippen LogP contribution in [-0.2, 0) is 0 Å². The van der Waals surface area contributed by atoms with Gasteiger partial charge in [-0.2, -0.15) is 26.3 Å². The van der Waals surface area contributed by atoms with Crippen LogP contribution in [0.2, 0.25) is 0 Å². The molecule has 0 amide bonds. The minimum Gasteiger partial charge on any atom is -0.372 e. The van der Waals surface area contributed by atoms with Crippen LogP contribution in [0.5, 0.6) is 0 Å². The van der Waals surface area contributed by atoms with E-state index in [0.29, 0.717) is 0 Å². The van der Waals surface area contributed by atoms with Crippen molar-refractivity contribution >= 4 is 0 Å². The molecule has 0 aromatic heterocycles. The molecule has 2 nitrogen and oxygen atoms in total. The van der Waals surface area contributed by atoms with Crippen LogP contribution < -0.4 is 0 Å². The molecule has 0 unspecified atom stereocenters. The number of rotatable bonds is 2. The van der Waals surface area contributed by atoms with Crippen molar-refractivity contribution in [1.29, 1.82) is 0 Å². The van der Waals surface area contributed by atoms with E-state index in [-0.39, 0.29) is 25.9 Å². The summed E-state index contributed by atoms with van der Waals surface area (Å²) in [5, 5.41) is 9.19. The third-order valence-corrected chi connectivity index (χ3v) is 3.12. The lowest BCUT2D eigenvalue weighted by molar-refractivity contribution is -0.382. The van der Waals surface area contributed by atoms with Crippen LogP contribution >= 0.6 is 0 Å². The van der Waals surface area contributed by atoms with Gasteiger partial charge in [-0.15, -0.1) is 0 Å². The summed E-state index contributed by atoms with van der Waals surface area (Å²) in [6.07, 6.45) is -11.6. The maximum absolute atomic E-state index is 12.6. The second-order valence-corrected chi connectivity index (χ2v) is 4.05. The van der Waals surface area contributed by atoms with Gasteiger partial charge in [0.25, 0.3) is 5.60 Å². The lowest BCUT2D eigenvalue weighted by Crippen LogP contribution is -2.67. The molecule has 1 heterocycles. The summed E-state index contributed by atoms with van der Waals surface area (Å²) in [6, 6.07) is -1.95. The van der Waals surface area contributed by atoms with E-state index in [0.717, 1.165) is 4.90 Å². The number of hydrogen-bond donors (Lipinski definition) is 1. The van der Waals surface area contributed by atoms with Gasteiger partial charge < -0.3 is 5.11 Å². The molecule has 0 aromatic rings. The molecule has 0 spiro atoms. The minimum absolute atomic E-state index is 0.0408. The van der Waals surface area contributed by atoms with Crippen LogP contribution in [0.1, 0.15) is 19.8 Å². The third-order valence-electron chi connectivity index (χ3n) is 3.12. The highest BCUT2D eigenvalue weighted by Gasteiger charge is 2.74. The maximum atomic E-state index is 12.6. The van der Waals surface area contributed by atoms with Gasteiger partial charge in [-0.1, -0.05) is 6.92 Å². The molecule has 1 N–H and O–H groups in total. The Hall–Kier alpha value is -0.500. The summed E-state index contributed by atoms with van der Waals surface area (Å²) in [4.78, 5) is 1.01. The molecule has 1 atom stereocenters. The summed E-state index contributed by atoms with van der Waals surface area (Å²) in [5.74, 6) is 0. The van der Waals surface area contributed by atoms with E-state index < -0.39 is 24.0 Å². The topological polar surface area (TPSA) is 23.5 Å². The van der Waals surface area contributed by atoms with E-state index in [1.807, 2.05) is 0 Å². The summed E-state index contributed by atoms with van der Waals surface area (Å²) < 4.78 is 75.4. The molecule has 0 saturated carbocycles. The highest BCUT2D eigenvalue weighted by atomic mass is 19.4. The van der Waals surface area contributed by atoms with Crippen molar-refractivity contribution in [3.05, 3.63) is 0 Å². The van der Waals surface area contributed by atoms with Crippen molar-refractivity contribution in [2.75, 3.05) is 13.1 Å². The fourth-order valence-corrected chi connectivity index (χ4v) is 2.22. The first-order chi connectivity index (χ1) is 7.55. The molecule has 1 aliphatic heterocycles. The summed E-state index contributed by atoms with van der Waals surface area (Å²) in [7, 11) is 0. The Kier molecular flexibility index (Phi) is 3.69. The van der Waals surface area contributed by atoms with E-state index in [4.69, 9.17) is 0 Å². The van der Waals surface area contributed by atoms with Crippen molar-refractivity contribution in [1.82, 2.24) is 4.90 Å². The Morgan fingerprint density at radius 1 is 1.12 bits per heavy atom. The lowest BCUT2D eigenvalue weighted by Gasteiger charge is -2.40. The van der Waals surface area contributed by atoms with Crippen molar-refractivity contribution in [2.24, 2.45) is 0 Å². The number of alkyl halides is 6. The molecule has 102 valence electrons. The molecule has 8 heteroatoms. The SMILES string of the molecule is CCN1CCC[C@H]1C(O)(C(F)(F)F)C(F)(F)F. The molecule has 1 aliphatic rings. The van der Waals surface area contributed by atoms with E-state index in [1.165, 1.54) is 6.92 Å². The Bertz CT molecular complexity index is 260. The maximum Gasteiger partial charge on any atom is 0.427 e. The number of hydrogen-bond acceptors (Lipinski definition) is 2. The average Bonchev–Trinajstić information content (AvgIpc) is 2.60. The highest BCUT2D eigenvalue weighted by molar-refractivity contribution is 5.05. The van der Waals surface area contributed by atoms with Gasteiger partial charge in [-0.3, -0.25) is 4.90 Å². The second-order valence-electron chi connectivity index (χ2n) is 4.05. The molecule has 0 aromatic carbocycles. The average molecular weight is 265 g/mol. The lowest BCUT2D eigenvalue weighted by atomic mass is 9.90. The zero-order chi connectivity index (χ0) is 13.5. The van der Waals surface area contributed by atoms with Gasteiger partial charge in [0.2, 0.25) is 0 Å². The van der Waals surface area contributed by atoms with Crippen LogP contribution in [0.3, 0.4) is 0 Å². The van der Waals surface area contributed by atoms with Crippen LogP contribution in [0.15, 0.2) is 0 Å². The van der Waals surface area contributed by atoms with Crippen molar-refractivity contribution in [3.63, 3.8) is 0 Å². The smallest absolute Gasteiger partial charge is 0.372 e. The van der Waals surface area contributed by atoms with Gasteiger partial charge in [-0.05, 0) is 25.9 Å². The van der Waals surface area contributed by atoms with E-state index in [1.54, 1.807) is 0 Å².